The van der Waals surface area contributed by atoms with Crippen molar-refractivity contribution in [3.8, 4) is 5.75 Å². The first-order valence-corrected chi connectivity index (χ1v) is 6.64. The normalized spacial score (nSPS) is 10.4. The van der Waals surface area contributed by atoms with Crippen LogP contribution in [0.4, 0.5) is 15.8 Å². The van der Waals surface area contributed by atoms with Gasteiger partial charge < -0.3 is 15.8 Å². The molecule has 0 spiro atoms. The molecule has 0 amide bonds. The first kappa shape index (κ1) is 14.6. The third-order valence-corrected chi connectivity index (χ3v) is 2.75. The fourth-order valence-electron chi connectivity index (χ4n) is 1.76. The predicted molar refractivity (Wildman–Crippen MR) is 74.6 cm³/mol. The van der Waals surface area contributed by atoms with Gasteiger partial charge in [-0.1, -0.05) is 26.2 Å². The highest BCUT2D eigenvalue weighted by Crippen LogP contribution is 2.28. The maximum atomic E-state index is 13.5. The number of unbranched alkanes of at least 4 members (excludes halogenated alkanes) is 3. The Balaban J connectivity index is 2.56. The number of ether oxygens (including phenoxy) is 1. The smallest absolute Gasteiger partial charge is 0.167 e. The quantitative estimate of drug-likeness (QED) is 0.548. The highest BCUT2D eigenvalue weighted by Gasteiger charge is 2.08. The minimum Gasteiger partial charge on any atom is -0.491 e. The number of nitrogen functional groups attached to an aromatic ring is 1. The molecule has 1 rings (SSSR count). The van der Waals surface area contributed by atoms with E-state index in [4.69, 9.17) is 10.5 Å². The van der Waals surface area contributed by atoms with Crippen molar-refractivity contribution < 1.29 is 9.13 Å². The summed E-state index contributed by atoms with van der Waals surface area (Å²) in [6, 6.07) is 2.94. The van der Waals surface area contributed by atoms with E-state index in [1.807, 2.05) is 6.92 Å². The molecule has 0 heterocycles. The summed E-state index contributed by atoms with van der Waals surface area (Å²) in [7, 11) is 0. The molecule has 3 N–H and O–H groups in total. The van der Waals surface area contributed by atoms with E-state index in [1.165, 1.54) is 25.3 Å². The SMILES string of the molecule is CCCCCCNc1cc(OCC)c(F)cc1N. The largest absolute Gasteiger partial charge is 0.491 e. The number of nitrogens with one attached hydrogen (secondary N) is 1. The average Bonchev–Trinajstić information content (AvgIpc) is 2.34. The molecule has 1 aromatic rings. The number of benzene rings is 1. The molecule has 0 aliphatic rings. The molecule has 0 radical (unpaired) electrons. The number of halogens is 1. The molecule has 0 saturated carbocycles. The summed E-state index contributed by atoms with van der Waals surface area (Å²) in [5.74, 6) is -0.159. The molecule has 0 aliphatic carbocycles. The van der Waals surface area contributed by atoms with Gasteiger partial charge in [-0.05, 0) is 13.3 Å². The van der Waals surface area contributed by atoms with Crippen LogP contribution in [-0.4, -0.2) is 13.2 Å². The Labute approximate surface area is 109 Å². The first-order valence-electron chi connectivity index (χ1n) is 6.64. The second kappa shape index (κ2) is 7.80. The van der Waals surface area contributed by atoms with Crippen molar-refractivity contribution in [3.05, 3.63) is 17.9 Å². The molecule has 102 valence electrons. The zero-order valence-corrected chi connectivity index (χ0v) is 11.3. The lowest BCUT2D eigenvalue weighted by atomic mass is 10.2. The molecule has 0 aromatic heterocycles. The molecule has 0 bridgehead atoms. The Morgan fingerprint density at radius 1 is 1.22 bits per heavy atom. The number of nitrogens with two attached hydrogens (primary N) is 1. The Bertz CT molecular complexity index is 369. The van der Waals surface area contributed by atoms with Gasteiger partial charge in [-0.25, -0.2) is 4.39 Å². The van der Waals surface area contributed by atoms with Crippen LogP contribution in [0, 0.1) is 5.82 Å². The summed E-state index contributed by atoms with van der Waals surface area (Å²) in [6.07, 6.45) is 4.75. The minimum absolute atomic E-state index is 0.253. The maximum Gasteiger partial charge on any atom is 0.167 e. The standard InChI is InChI=1S/C14H23FN2O/c1-3-5-6-7-8-17-13-10-14(18-4-2)11(15)9-12(13)16/h9-10,17H,3-8,16H2,1-2H3. The Morgan fingerprint density at radius 3 is 2.67 bits per heavy atom. The van der Waals surface area contributed by atoms with Crippen LogP contribution in [0.1, 0.15) is 39.5 Å². The topological polar surface area (TPSA) is 47.3 Å². The van der Waals surface area contributed by atoms with E-state index in [0.717, 1.165) is 18.7 Å². The lowest BCUT2D eigenvalue weighted by Crippen LogP contribution is -2.06. The van der Waals surface area contributed by atoms with E-state index in [9.17, 15) is 4.39 Å². The van der Waals surface area contributed by atoms with Crippen molar-refractivity contribution in [2.24, 2.45) is 0 Å². The second-order valence-electron chi connectivity index (χ2n) is 4.29. The van der Waals surface area contributed by atoms with E-state index in [1.54, 1.807) is 6.07 Å². The van der Waals surface area contributed by atoms with Crippen molar-refractivity contribution in [1.29, 1.82) is 0 Å². The molecule has 0 unspecified atom stereocenters. The molecular weight excluding hydrogens is 231 g/mol. The third kappa shape index (κ3) is 4.43. The number of hydrogen-bond acceptors (Lipinski definition) is 3. The van der Waals surface area contributed by atoms with Gasteiger partial charge in [0.2, 0.25) is 0 Å². The van der Waals surface area contributed by atoms with Gasteiger partial charge in [0.05, 0.1) is 18.0 Å². The minimum atomic E-state index is -0.411. The molecule has 0 fully saturated rings. The van der Waals surface area contributed by atoms with Gasteiger partial charge >= 0.3 is 0 Å². The molecule has 1 aromatic carbocycles. The Morgan fingerprint density at radius 2 is 2.00 bits per heavy atom. The summed E-state index contributed by atoms with van der Waals surface area (Å²) >= 11 is 0. The van der Waals surface area contributed by atoms with E-state index < -0.39 is 5.82 Å². The van der Waals surface area contributed by atoms with Crippen LogP contribution in [0.25, 0.3) is 0 Å². The number of anilines is 2. The summed E-state index contributed by atoms with van der Waals surface area (Å²) in [4.78, 5) is 0. The van der Waals surface area contributed by atoms with E-state index in [2.05, 4.69) is 12.2 Å². The van der Waals surface area contributed by atoms with E-state index >= 15 is 0 Å². The molecule has 3 nitrogen and oxygen atoms in total. The van der Waals surface area contributed by atoms with Gasteiger partial charge in [0.15, 0.2) is 11.6 Å². The van der Waals surface area contributed by atoms with Gasteiger partial charge in [0.25, 0.3) is 0 Å². The van der Waals surface area contributed by atoms with Crippen LogP contribution in [0.5, 0.6) is 5.75 Å². The van der Waals surface area contributed by atoms with Gasteiger partial charge in [-0.15, -0.1) is 0 Å². The fraction of sp³-hybridized carbons (Fsp3) is 0.571. The van der Waals surface area contributed by atoms with Gasteiger partial charge in [-0.2, -0.15) is 0 Å². The van der Waals surface area contributed by atoms with Crippen molar-refractivity contribution in [2.75, 3.05) is 24.2 Å². The van der Waals surface area contributed by atoms with Gasteiger partial charge in [-0.3, -0.25) is 0 Å². The van der Waals surface area contributed by atoms with E-state index in [-0.39, 0.29) is 5.75 Å². The molecule has 4 heteroatoms. The Kier molecular flexibility index (Phi) is 6.33. The summed E-state index contributed by atoms with van der Waals surface area (Å²) in [6.45, 7) is 5.30. The number of rotatable bonds is 8. The highest BCUT2D eigenvalue weighted by atomic mass is 19.1. The number of hydrogen-bond donors (Lipinski definition) is 2. The van der Waals surface area contributed by atoms with Crippen molar-refractivity contribution in [1.82, 2.24) is 0 Å². The lowest BCUT2D eigenvalue weighted by Gasteiger charge is -2.12. The van der Waals surface area contributed by atoms with Crippen LogP contribution in [0.3, 0.4) is 0 Å². The average molecular weight is 254 g/mol. The summed E-state index contributed by atoms with van der Waals surface area (Å²) in [5, 5.41) is 3.23. The van der Waals surface area contributed by atoms with Crippen LogP contribution in [0.2, 0.25) is 0 Å². The zero-order valence-electron chi connectivity index (χ0n) is 11.3. The molecular formula is C14H23FN2O. The van der Waals surface area contributed by atoms with Gasteiger partial charge in [0, 0.05) is 18.7 Å². The third-order valence-electron chi connectivity index (χ3n) is 2.75. The van der Waals surface area contributed by atoms with Crippen LogP contribution >= 0.6 is 0 Å². The molecule has 0 aliphatic heterocycles. The maximum absolute atomic E-state index is 13.5. The Hall–Kier alpha value is -1.45. The van der Waals surface area contributed by atoms with Crippen molar-refractivity contribution >= 4 is 11.4 Å². The van der Waals surface area contributed by atoms with Crippen molar-refractivity contribution in [3.63, 3.8) is 0 Å². The lowest BCUT2D eigenvalue weighted by molar-refractivity contribution is 0.322. The van der Waals surface area contributed by atoms with Gasteiger partial charge in [0.1, 0.15) is 0 Å². The molecule has 0 atom stereocenters. The van der Waals surface area contributed by atoms with Crippen LogP contribution in [0.15, 0.2) is 12.1 Å². The zero-order chi connectivity index (χ0) is 13.4. The van der Waals surface area contributed by atoms with Crippen molar-refractivity contribution in [2.45, 2.75) is 39.5 Å². The van der Waals surface area contributed by atoms with Crippen LogP contribution in [-0.2, 0) is 0 Å². The van der Waals surface area contributed by atoms with Crippen LogP contribution < -0.4 is 15.8 Å². The summed E-state index contributed by atoms with van der Waals surface area (Å²) in [5.41, 5.74) is 6.94. The summed E-state index contributed by atoms with van der Waals surface area (Å²) < 4.78 is 18.7. The second-order valence-corrected chi connectivity index (χ2v) is 4.29. The highest BCUT2D eigenvalue weighted by molar-refractivity contribution is 5.68. The van der Waals surface area contributed by atoms with E-state index in [0.29, 0.717) is 12.3 Å². The molecule has 18 heavy (non-hydrogen) atoms. The predicted octanol–water partition coefficient (Wildman–Crippen LogP) is 3.80. The monoisotopic (exact) mass is 254 g/mol. The molecule has 0 saturated heterocycles. The first-order chi connectivity index (χ1) is 8.69. The fourth-order valence-corrected chi connectivity index (χ4v) is 1.76.